The minimum absolute atomic E-state index is 0.336. The molecule has 0 aliphatic carbocycles. The van der Waals surface area contributed by atoms with E-state index >= 15 is 0 Å². The molecule has 0 bridgehead atoms. The van der Waals surface area contributed by atoms with Crippen molar-refractivity contribution in [2.45, 2.75) is 32.4 Å². The van der Waals surface area contributed by atoms with Crippen molar-refractivity contribution in [1.29, 1.82) is 0 Å². The van der Waals surface area contributed by atoms with Gasteiger partial charge in [-0.1, -0.05) is 25.1 Å². The smallest absolute Gasteiger partial charge is 0.249 e. The van der Waals surface area contributed by atoms with E-state index in [0.29, 0.717) is 11.6 Å². The molecule has 0 spiro atoms. The van der Waals surface area contributed by atoms with E-state index in [1.165, 1.54) is 12.8 Å². The highest BCUT2D eigenvalue weighted by Crippen LogP contribution is 2.17. The van der Waals surface area contributed by atoms with E-state index < -0.39 is 0 Å². The number of amides is 1. The Balaban J connectivity index is 2.11. The van der Waals surface area contributed by atoms with Gasteiger partial charge < -0.3 is 11.1 Å². The van der Waals surface area contributed by atoms with Crippen LogP contribution in [0.5, 0.6) is 0 Å². The molecule has 1 aromatic carbocycles. The molecule has 0 atom stereocenters. The van der Waals surface area contributed by atoms with Gasteiger partial charge in [-0.3, -0.25) is 9.69 Å². The van der Waals surface area contributed by atoms with E-state index in [9.17, 15) is 4.79 Å². The molecular weight excluding hydrogens is 238 g/mol. The zero-order valence-electron chi connectivity index (χ0n) is 11.6. The number of rotatable bonds is 5. The average molecular weight is 261 g/mol. The van der Waals surface area contributed by atoms with Gasteiger partial charge in [0, 0.05) is 18.2 Å². The van der Waals surface area contributed by atoms with Crippen LogP contribution in [0.25, 0.3) is 0 Å². The van der Waals surface area contributed by atoms with Gasteiger partial charge in [-0.2, -0.15) is 0 Å². The molecule has 3 N–H and O–H groups in total. The first-order valence-corrected chi connectivity index (χ1v) is 7.05. The van der Waals surface area contributed by atoms with Crippen LogP contribution in [0.3, 0.4) is 0 Å². The molecule has 1 amide bonds. The number of benzene rings is 1. The van der Waals surface area contributed by atoms with Crippen LogP contribution >= 0.6 is 0 Å². The highest BCUT2D eigenvalue weighted by atomic mass is 16.1. The maximum Gasteiger partial charge on any atom is 0.249 e. The van der Waals surface area contributed by atoms with Crippen LogP contribution in [-0.4, -0.2) is 36.5 Å². The largest absolute Gasteiger partial charge is 0.366 e. The van der Waals surface area contributed by atoms with E-state index in [1.807, 2.05) is 24.3 Å². The Labute approximate surface area is 115 Å². The van der Waals surface area contributed by atoms with Crippen LogP contribution in [0.4, 0.5) is 0 Å². The SMILES string of the molecule is CCN(Cc1ccccc1C(N)=O)C1CCNCC1. The lowest BCUT2D eigenvalue weighted by molar-refractivity contribution is 0.0996. The molecule has 104 valence electrons. The van der Waals surface area contributed by atoms with Gasteiger partial charge in [-0.05, 0) is 44.1 Å². The number of nitrogens with zero attached hydrogens (tertiary/aromatic N) is 1. The molecule has 0 unspecified atom stereocenters. The Morgan fingerprint density at radius 2 is 2.05 bits per heavy atom. The molecule has 1 fully saturated rings. The van der Waals surface area contributed by atoms with Gasteiger partial charge in [-0.25, -0.2) is 0 Å². The van der Waals surface area contributed by atoms with Crippen molar-refractivity contribution in [3.05, 3.63) is 35.4 Å². The second-order valence-electron chi connectivity index (χ2n) is 5.07. The van der Waals surface area contributed by atoms with Gasteiger partial charge in [0.15, 0.2) is 0 Å². The molecule has 2 rings (SSSR count). The topological polar surface area (TPSA) is 58.4 Å². The average Bonchev–Trinajstić information content (AvgIpc) is 2.46. The summed E-state index contributed by atoms with van der Waals surface area (Å²) in [6.45, 7) is 6.14. The summed E-state index contributed by atoms with van der Waals surface area (Å²) in [6, 6.07) is 8.26. The van der Waals surface area contributed by atoms with Crippen molar-refractivity contribution in [3.63, 3.8) is 0 Å². The molecule has 1 aliphatic rings. The molecular formula is C15H23N3O. The Morgan fingerprint density at radius 1 is 1.37 bits per heavy atom. The first kappa shape index (κ1) is 14.0. The van der Waals surface area contributed by atoms with Gasteiger partial charge in [0.05, 0.1) is 0 Å². The van der Waals surface area contributed by atoms with Gasteiger partial charge in [0.25, 0.3) is 0 Å². The summed E-state index contributed by atoms with van der Waals surface area (Å²) in [5.74, 6) is -0.336. The molecule has 1 aromatic rings. The summed E-state index contributed by atoms with van der Waals surface area (Å²) in [5, 5.41) is 3.39. The number of carbonyl (C=O) groups excluding carboxylic acids is 1. The van der Waals surface area contributed by atoms with Gasteiger partial charge in [0.1, 0.15) is 0 Å². The Morgan fingerprint density at radius 3 is 2.68 bits per heavy atom. The van der Waals surface area contributed by atoms with Crippen molar-refractivity contribution in [3.8, 4) is 0 Å². The third kappa shape index (κ3) is 3.55. The van der Waals surface area contributed by atoms with E-state index in [2.05, 4.69) is 17.1 Å². The van der Waals surface area contributed by atoms with Crippen molar-refractivity contribution in [2.75, 3.05) is 19.6 Å². The molecule has 19 heavy (non-hydrogen) atoms. The lowest BCUT2D eigenvalue weighted by atomic mass is 10.0. The molecule has 0 aromatic heterocycles. The van der Waals surface area contributed by atoms with E-state index in [-0.39, 0.29) is 5.91 Å². The number of nitrogens with one attached hydrogen (secondary N) is 1. The van der Waals surface area contributed by atoms with Crippen molar-refractivity contribution in [2.24, 2.45) is 5.73 Å². The molecule has 4 nitrogen and oxygen atoms in total. The summed E-state index contributed by atoms with van der Waals surface area (Å²) >= 11 is 0. The second kappa shape index (κ2) is 6.68. The molecule has 0 radical (unpaired) electrons. The summed E-state index contributed by atoms with van der Waals surface area (Å²) in [6.07, 6.45) is 2.35. The molecule has 0 saturated carbocycles. The molecule has 4 heteroatoms. The quantitative estimate of drug-likeness (QED) is 0.841. The normalized spacial score (nSPS) is 16.7. The minimum Gasteiger partial charge on any atom is -0.366 e. The highest BCUT2D eigenvalue weighted by Gasteiger charge is 2.20. The third-order valence-corrected chi connectivity index (χ3v) is 3.89. The minimum atomic E-state index is -0.336. The Kier molecular flexibility index (Phi) is 4.93. The standard InChI is InChI=1S/C15H23N3O/c1-2-18(13-7-9-17-10-8-13)11-12-5-3-4-6-14(12)15(16)19/h3-6,13,17H,2,7-11H2,1H3,(H2,16,19). The van der Waals surface area contributed by atoms with Gasteiger partial charge in [0.2, 0.25) is 5.91 Å². The van der Waals surface area contributed by atoms with E-state index in [1.54, 1.807) is 0 Å². The van der Waals surface area contributed by atoms with Crippen LogP contribution in [0.1, 0.15) is 35.7 Å². The fourth-order valence-corrected chi connectivity index (χ4v) is 2.79. The number of hydrogen-bond acceptors (Lipinski definition) is 3. The summed E-state index contributed by atoms with van der Waals surface area (Å²) in [4.78, 5) is 13.9. The fourth-order valence-electron chi connectivity index (χ4n) is 2.79. The molecule has 1 saturated heterocycles. The van der Waals surface area contributed by atoms with E-state index in [0.717, 1.165) is 31.7 Å². The van der Waals surface area contributed by atoms with Crippen molar-refractivity contribution >= 4 is 5.91 Å². The zero-order chi connectivity index (χ0) is 13.7. The molecule has 1 aliphatic heterocycles. The number of hydrogen-bond donors (Lipinski definition) is 2. The van der Waals surface area contributed by atoms with Crippen LogP contribution in [-0.2, 0) is 6.54 Å². The monoisotopic (exact) mass is 261 g/mol. The number of carbonyl (C=O) groups is 1. The predicted octanol–water partition coefficient (Wildman–Crippen LogP) is 1.36. The van der Waals surface area contributed by atoms with Crippen LogP contribution in [0, 0.1) is 0 Å². The maximum absolute atomic E-state index is 11.5. The van der Waals surface area contributed by atoms with Crippen molar-refractivity contribution in [1.82, 2.24) is 10.2 Å². The van der Waals surface area contributed by atoms with Gasteiger partial charge >= 0.3 is 0 Å². The number of primary amides is 1. The number of nitrogens with two attached hydrogens (primary N) is 1. The lowest BCUT2D eigenvalue weighted by Gasteiger charge is -2.34. The van der Waals surface area contributed by atoms with Gasteiger partial charge in [-0.15, -0.1) is 0 Å². The first-order valence-electron chi connectivity index (χ1n) is 7.05. The highest BCUT2D eigenvalue weighted by molar-refractivity contribution is 5.94. The van der Waals surface area contributed by atoms with Crippen molar-refractivity contribution < 1.29 is 4.79 Å². The lowest BCUT2D eigenvalue weighted by Crippen LogP contribution is -2.42. The Hall–Kier alpha value is -1.39. The summed E-state index contributed by atoms with van der Waals surface area (Å²) in [5.41, 5.74) is 7.13. The summed E-state index contributed by atoms with van der Waals surface area (Å²) < 4.78 is 0. The van der Waals surface area contributed by atoms with E-state index in [4.69, 9.17) is 5.73 Å². The zero-order valence-corrected chi connectivity index (χ0v) is 11.6. The molecule has 1 heterocycles. The summed E-state index contributed by atoms with van der Waals surface area (Å²) in [7, 11) is 0. The van der Waals surface area contributed by atoms with Crippen LogP contribution in [0.15, 0.2) is 24.3 Å². The first-order chi connectivity index (χ1) is 9.22. The third-order valence-electron chi connectivity index (χ3n) is 3.89. The predicted molar refractivity (Wildman–Crippen MR) is 76.9 cm³/mol. The van der Waals surface area contributed by atoms with Crippen LogP contribution in [0.2, 0.25) is 0 Å². The number of piperidine rings is 1. The van der Waals surface area contributed by atoms with Crippen LogP contribution < -0.4 is 11.1 Å². The second-order valence-corrected chi connectivity index (χ2v) is 5.07. The Bertz CT molecular complexity index is 427. The maximum atomic E-state index is 11.5. The fraction of sp³-hybridized carbons (Fsp3) is 0.533.